The van der Waals surface area contributed by atoms with Gasteiger partial charge in [0.15, 0.2) is 5.96 Å². The summed E-state index contributed by atoms with van der Waals surface area (Å²) < 4.78 is 0. The Hall–Kier alpha value is -1.26. The zero-order chi connectivity index (χ0) is 10.3. The van der Waals surface area contributed by atoms with E-state index in [-0.39, 0.29) is 0 Å². The van der Waals surface area contributed by atoms with Crippen LogP contribution >= 0.6 is 0 Å². The van der Waals surface area contributed by atoms with Gasteiger partial charge in [0.05, 0.1) is 0 Å². The molecule has 0 amide bonds. The predicted octanol–water partition coefficient (Wildman–Crippen LogP) is -1.31. The summed E-state index contributed by atoms with van der Waals surface area (Å²) in [5.74, 6) is -1.03. The fourth-order valence-electron chi connectivity index (χ4n) is 0.822. The van der Waals surface area contributed by atoms with Crippen LogP contribution in [0.1, 0.15) is 19.8 Å². The van der Waals surface area contributed by atoms with E-state index in [0.717, 1.165) is 6.42 Å². The molecule has 0 saturated heterocycles. The monoisotopic (exact) mass is 186 g/mol. The van der Waals surface area contributed by atoms with E-state index >= 15 is 0 Å². The second-order valence-corrected chi connectivity index (χ2v) is 2.90. The summed E-state index contributed by atoms with van der Waals surface area (Å²) in [5.41, 5.74) is 5.36. The number of nitrogens with two attached hydrogens (primary N) is 1. The second-order valence-electron chi connectivity index (χ2n) is 2.90. The molecule has 1 atom stereocenters. The van der Waals surface area contributed by atoms with Gasteiger partial charge in [-0.3, -0.25) is 4.99 Å². The second kappa shape index (κ2) is 6.28. The van der Waals surface area contributed by atoms with Crippen molar-refractivity contribution in [3.8, 4) is 0 Å². The van der Waals surface area contributed by atoms with Crippen LogP contribution in [0.5, 0.6) is 0 Å². The van der Waals surface area contributed by atoms with Gasteiger partial charge in [-0.1, -0.05) is 6.92 Å². The standard InChI is InChI=1S/C8H17N3O2/c1-6(7(12)13)4-3-5-11-8(9)10-2/h6H,3-5H2,1-2H3,(H,12,13)(H3,9,10,11)/p-1. The molecule has 0 rings (SSSR count). The lowest BCUT2D eigenvalue weighted by Crippen LogP contribution is -2.33. The van der Waals surface area contributed by atoms with Crippen molar-refractivity contribution in [1.82, 2.24) is 5.32 Å². The summed E-state index contributed by atoms with van der Waals surface area (Å²) in [6.45, 7) is 2.27. The van der Waals surface area contributed by atoms with Gasteiger partial charge in [-0.05, 0) is 18.8 Å². The fourth-order valence-corrected chi connectivity index (χ4v) is 0.822. The van der Waals surface area contributed by atoms with E-state index in [4.69, 9.17) is 5.73 Å². The maximum atomic E-state index is 10.3. The van der Waals surface area contributed by atoms with Crippen molar-refractivity contribution in [1.29, 1.82) is 0 Å². The van der Waals surface area contributed by atoms with E-state index in [2.05, 4.69) is 10.3 Å². The Balaban J connectivity index is 3.41. The van der Waals surface area contributed by atoms with Gasteiger partial charge in [-0.2, -0.15) is 0 Å². The van der Waals surface area contributed by atoms with Crippen molar-refractivity contribution >= 4 is 11.9 Å². The Morgan fingerprint density at radius 1 is 1.69 bits per heavy atom. The van der Waals surface area contributed by atoms with Crippen LogP contribution in [0.4, 0.5) is 0 Å². The van der Waals surface area contributed by atoms with Crippen LogP contribution in [0, 0.1) is 5.92 Å². The topological polar surface area (TPSA) is 90.5 Å². The number of nitrogens with zero attached hydrogens (tertiary/aromatic N) is 1. The van der Waals surface area contributed by atoms with Crippen molar-refractivity contribution in [2.24, 2.45) is 16.6 Å². The predicted molar refractivity (Wildman–Crippen MR) is 49.0 cm³/mol. The van der Waals surface area contributed by atoms with Crippen LogP contribution < -0.4 is 16.2 Å². The average Bonchev–Trinajstić information content (AvgIpc) is 2.11. The van der Waals surface area contributed by atoms with E-state index in [1.54, 1.807) is 14.0 Å². The highest BCUT2D eigenvalue weighted by Crippen LogP contribution is 2.02. The summed E-state index contributed by atoms with van der Waals surface area (Å²) >= 11 is 0. The number of aliphatic carboxylic acids is 1. The molecular weight excluding hydrogens is 170 g/mol. The third kappa shape index (κ3) is 5.95. The molecule has 0 heterocycles. The highest BCUT2D eigenvalue weighted by molar-refractivity contribution is 5.77. The van der Waals surface area contributed by atoms with Gasteiger partial charge in [0.1, 0.15) is 0 Å². The van der Waals surface area contributed by atoms with Crippen molar-refractivity contribution in [3.05, 3.63) is 0 Å². The van der Waals surface area contributed by atoms with Gasteiger partial charge in [0.2, 0.25) is 0 Å². The number of hydrogen-bond donors (Lipinski definition) is 2. The third-order valence-corrected chi connectivity index (χ3v) is 1.76. The first kappa shape index (κ1) is 11.7. The molecule has 0 aliphatic rings. The normalized spacial score (nSPS) is 13.8. The number of hydrogen-bond acceptors (Lipinski definition) is 3. The molecule has 1 unspecified atom stereocenters. The van der Waals surface area contributed by atoms with Crippen LogP contribution in [0.2, 0.25) is 0 Å². The number of carbonyl (C=O) groups excluding carboxylic acids is 1. The van der Waals surface area contributed by atoms with Crippen LogP contribution in [0.25, 0.3) is 0 Å². The van der Waals surface area contributed by atoms with E-state index in [1.807, 2.05) is 0 Å². The number of carboxylic acids is 1. The summed E-state index contributed by atoms with van der Waals surface area (Å²) in [7, 11) is 1.59. The number of aliphatic imine (C=N–C) groups is 1. The van der Waals surface area contributed by atoms with Crippen molar-refractivity contribution in [3.63, 3.8) is 0 Å². The summed E-state index contributed by atoms with van der Waals surface area (Å²) in [4.78, 5) is 14.0. The van der Waals surface area contributed by atoms with E-state index in [1.165, 1.54) is 0 Å². The highest BCUT2D eigenvalue weighted by atomic mass is 16.4. The smallest absolute Gasteiger partial charge is 0.188 e. The molecule has 13 heavy (non-hydrogen) atoms. The third-order valence-electron chi connectivity index (χ3n) is 1.76. The van der Waals surface area contributed by atoms with Gasteiger partial charge in [0.25, 0.3) is 0 Å². The average molecular weight is 186 g/mol. The molecule has 0 aromatic carbocycles. The Bertz CT molecular complexity index is 192. The van der Waals surface area contributed by atoms with Crippen LogP contribution in [0.3, 0.4) is 0 Å². The van der Waals surface area contributed by atoms with Gasteiger partial charge in [-0.25, -0.2) is 0 Å². The number of rotatable bonds is 5. The minimum Gasteiger partial charge on any atom is -0.550 e. The van der Waals surface area contributed by atoms with Crippen molar-refractivity contribution < 1.29 is 9.90 Å². The van der Waals surface area contributed by atoms with Gasteiger partial charge in [0, 0.05) is 19.6 Å². The maximum absolute atomic E-state index is 10.3. The van der Waals surface area contributed by atoms with E-state index < -0.39 is 11.9 Å². The van der Waals surface area contributed by atoms with Crippen LogP contribution in [0.15, 0.2) is 4.99 Å². The molecule has 5 heteroatoms. The zero-order valence-electron chi connectivity index (χ0n) is 8.04. The SMILES string of the molecule is CN=C(N)NCCCC(C)C(=O)[O-]. The van der Waals surface area contributed by atoms with Gasteiger partial charge < -0.3 is 21.0 Å². The Morgan fingerprint density at radius 2 is 2.31 bits per heavy atom. The molecule has 76 valence electrons. The first-order valence-corrected chi connectivity index (χ1v) is 4.25. The summed E-state index contributed by atoms with van der Waals surface area (Å²) in [6, 6.07) is 0. The molecule has 0 aliphatic carbocycles. The number of guanidine groups is 1. The minimum atomic E-state index is -1.00. The number of carbonyl (C=O) groups is 1. The Kier molecular flexibility index (Phi) is 5.67. The molecule has 0 saturated carbocycles. The van der Waals surface area contributed by atoms with Crippen molar-refractivity contribution in [2.45, 2.75) is 19.8 Å². The quantitative estimate of drug-likeness (QED) is 0.317. The van der Waals surface area contributed by atoms with E-state index in [0.29, 0.717) is 18.9 Å². The Labute approximate surface area is 78.0 Å². The summed E-state index contributed by atoms with van der Waals surface area (Å²) in [5, 5.41) is 13.1. The summed E-state index contributed by atoms with van der Waals surface area (Å²) in [6.07, 6.45) is 1.33. The largest absolute Gasteiger partial charge is 0.550 e. The molecule has 0 radical (unpaired) electrons. The highest BCUT2D eigenvalue weighted by Gasteiger charge is 2.01. The molecule has 5 nitrogen and oxygen atoms in total. The first-order valence-electron chi connectivity index (χ1n) is 4.25. The lowest BCUT2D eigenvalue weighted by molar-refractivity contribution is -0.311. The lowest BCUT2D eigenvalue weighted by Gasteiger charge is -2.12. The molecule has 0 fully saturated rings. The number of nitrogens with one attached hydrogen (secondary N) is 1. The zero-order valence-corrected chi connectivity index (χ0v) is 8.04. The molecule has 0 spiro atoms. The molecule has 0 aromatic rings. The van der Waals surface area contributed by atoms with Gasteiger partial charge >= 0.3 is 0 Å². The van der Waals surface area contributed by atoms with E-state index in [9.17, 15) is 9.90 Å². The maximum Gasteiger partial charge on any atom is 0.188 e. The first-order chi connectivity index (χ1) is 6.07. The lowest BCUT2D eigenvalue weighted by atomic mass is 10.1. The molecule has 0 bridgehead atoms. The van der Waals surface area contributed by atoms with Crippen LogP contribution in [-0.2, 0) is 4.79 Å². The number of carboxylic acid groups (broad SMARTS) is 1. The molecule has 0 aromatic heterocycles. The van der Waals surface area contributed by atoms with Crippen LogP contribution in [-0.4, -0.2) is 25.5 Å². The fraction of sp³-hybridized carbons (Fsp3) is 0.750. The minimum absolute atomic E-state index is 0.376. The van der Waals surface area contributed by atoms with Gasteiger partial charge in [-0.15, -0.1) is 0 Å². The Morgan fingerprint density at radius 3 is 2.77 bits per heavy atom. The molecule has 0 aliphatic heterocycles. The molecule has 3 N–H and O–H groups in total. The van der Waals surface area contributed by atoms with Crippen molar-refractivity contribution in [2.75, 3.05) is 13.6 Å². The molecular formula is C8H16N3O2-.